The molecule has 2 aromatic carbocycles. The van der Waals surface area contributed by atoms with Gasteiger partial charge in [-0.15, -0.1) is 0 Å². The number of pyridine rings is 1. The molecule has 1 aliphatic heterocycles. The minimum Gasteiger partial charge on any atom is -0.457 e. The normalized spacial score (nSPS) is 25.1. The van der Waals surface area contributed by atoms with Crippen LogP contribution in [0.5, 0.6) is 11.5 Å². The number of nitrogens with zero attached hydrogens (tertiary/aromatic N) is 1. The van der Waals surface area contributed by atoms with Crippen LogP contribution in [0.25, 0.3) is 10.9 Å². The second-order valence-corrected chi connectivity index (χ2v) is 10.8. The molecule has 4 nitrogen and oxygen atoms in total. The van der Waals surface area contributed by atoms with Gasteiger partial charge in [0.15, 0.2) is 5.43 Å². The van der Waals surface area contributed by atoms with E-state index in [2.05, 4.69) is 30.7 Å². The molecule has 5 rings (SSSR count). The van der Waals surface area contributed by atoms with E-state index in [1.165, 1.54) is 19.3 Å². The Morgan fingerprint density at radius 1 is 1.06 bits per heavy atom. The molecule has 4 heteroatoms. The molecule has 2 atom stereocenters. The molecule has 2 aliphatic rings. The molecule has 1 saturated carbocycles. The van der Waals surface area contributed by atoms with Crippen LogP contribution in [0.15, 0.2) is 53.3 Å². The lowest BCUT2D eigenvalue weighted by Crippen LogP contribution is -2.35. The molecule has 1 aromatic heterocycles. The minimum absolute atomic E-state index is 0.121. The number of nitrogens with one attached hydrogen (secondary N) is 1. The third kappa shape index (κ3) is 3.89. The molecule has 162 valence electrons. The maximum atomic E-state index is 13.5. The van der Waals surface area contributed by atoms with Gasteiger partial charge in [-0.05, 0) is 67.3 Å². The Hall–Kier alpha value is -2.59. The molecule has 0 amide bonds. The number of aromatic nitrogens is 1. The third-order valence-electron chi connectivity index (χ3n) is 7.15. The Balaban J connectivity index is 1.47. The lowest BCUT2D eigenvalue weighted by molar-refractivity contribution is 0.126. The lowest BCUT2D eigenvalue weighted by Gasteiger charge is -2.40. The first kappa shape index (κ1) is 20.3. The van der Waals surface area contributed by atoms with E-state index in [9.17, 15) is 4.79 Å². The van der Waals surface area contributed by atoms with Gasteiger partial charge in [0.05, 0.1) is 0 Å². The summed E-state index contributed by atoms with van der Waals surface area (Å²) in [7, 11) is 0. The highest BCUT2D eigenvalue weighted by molar-refractivity contribution is 5.81. The summed E-state index contributed by atoms with van der Waals surface area (Å²) in [6.07, 6.45) is 3.72. The first-order valence-corrected chi connectivity index (χ1v) is 11.3. The van der Waals surface area contributed by atoms with E-state index < -0.39 is 0 Å². The molecule has 0 unspecified atom stereocenters. The van der Waals surface area contributed by atoms with Gasteiger partial charge in [-0.3, -0.25) is 9.69 Å². The predicted octanol–water partition coefficient (Wildman–Crippen LogP) is 6.03. The van der Waals surface area contributed by atoms with Crippen LogP contribution in [-0.2, 0) is 6.54 Å². The van der Waals surface area contributed by atoms with E-state index in [0.29, 0.717) is 28.0 Å². The number of aryl methyl sites for hydroxylation is 1. The van der Waals surface area contributed by atoms with Crippen molar-refractivity contribution in [3.63, 3.8) is 0 Å². The fraction of sp³-hybridized carbons (Fsp3) is 0.444. The molecule has 1 saturated heterocycles. The van der Waals surface area contributed by atoms with Crippen molar-refractivity contribution in [1.82, 2.24) is 9.88 Å². The Morgan fingerprint density at radius 2 is 1.84 bits per heavy atom. The van der Waals surface area contributed by atoms with Gasteiger partial charge in [0.1, 0.15) is 11.5 Å². The minimum atomic E-state index is 0.121. The molecule has 1 aliphatic carbocycles. The number of rotatable bonds is 4. The number of para-hydroxylation sites is 1. The van der Waals surface area contributed by atoms with E-state index in [4.69, 9.17) is 4.74 Å². The zero-order valence-corrected chi connectivity index (χ0v) is 19.0. The van der Waals surface area contributed by atoms with Crippen molar-refractivity contribution in [3.05, 3.63) is 70.0 Å². The summed E-state index contributed by atoms with van der Waals surface area (Å²) < 4.78 is 5.97. The third-order valence-corrected chi connectivity index (χ3v) is 7.15. The van der Waals surface area contributed by atoms with Crippen molar-refractivity contribution in [2.45, 2.75) is 59.5 Å². The first-order valence-electron chi connectivity index (χ1n) is 11.3. The van der Waals surface area contributed by atoms with Crippen molar-refractivity contribution < 1.29 is 4.74 Å². The van der Waals surface area contributed by atoms with Gasteiger partial charge in [0.25, 0.3) is 0 Å². The highest BCUT2D eigenvalue weighted by Crippen LogP contribution is 2.52. The van der Waals surface area contributed by atoms with Crippen LogP contribution in [0.3, 0.4) is 0 Å². The molecule has 1 N–H and O–H groups in total. The zero-order chi connectivity index (χ0) is 21.8. The molecule has 2 heterocycles. The standard InChI is InChI=1S/C27H32N2O2/c1-18-23(15-29-17-27(4)14-19(29)13-26(2,3)16-27)25(30)22-12-21(10-11-24(22)28-18)31-20-8-6-5-7-9-20/h5-12,19H,13-17H2,1-4H3,(H,28,30)/t19-,27+/m1/s1. The summed E-state index contributed by atoms with van der Waals surface area (Å²) >= 11 is 0. The van der Waals surface area contributed by atoms with Crippen LogP contribution < -0.4 is 10.2 Å². The average molecular weight is 417 g/mol. The van der Waals surface area contributed by atoms with Gasteiger partial charge < -0.3 is 9.72 Å². The SMILES string of the molecule is Cc1[nH]c2ccc(Oc3ccccc3)cc2c(=O)c1CN1C[C@@]2(C)C[C@H]1CC(C)(C)C2. The fourth-order valence-corrected chi connectivity index (χ4v) is 6.27. The summed E-state index contributed by atoms with van der Waals surface area (Å²) in [5, 5.41) is 0.697. The van der Waals surface area contributed by atoms with Crippen molar-refractivity contribution in [3.8, 4) is 11.5 Å². The number of likely N-dealkylation sites (tertiary alicyclic amines) is 1. The summed E-state index contributed by atoms with van der Waals surface area (Å²) in [5.41, 5.74) is 3.58. The highest BCUT2D eigenvalue weighted by Gasteiger charge is 2.49. The summed E-state index contributed by atoms with van der Waals surface area (Å²) in [4.78, 5) is 19.6. The van der Waals surface area contributed by atoms with Gasteiger partial charge in [-0.2, -0.15) is 0 Å². The molecule has 2 fully saturated rings. The Labute approximate surface area is 184 Å². The summed E-state index contributed by atoms with van der Waals surface area (Å²) in [6, 6.07) is 16.0. The van der Waals surface area contributed by atoms with Crippen molar-refractivity contribution in [2.24, 2.45) is 10.8 Å². The van der Waals surface area contributed by atoms with Gasteiger partial charge in [0, 0.05) is 41.3 Å². The number of H-pyrrole nitrogens is 1. The van der Waals surface area contributed by atoms with Gasteiger partial charge >= 0.3 is 0 Å². The summed E-state index contributed by atoms with van der Waals surface area (Å²) in [6.45, 7) is 11.0. The second-order valence-electron chi connectivity index (χ2n) is 10.8. The largest absolute Gasteiger partial charge is 0.457 e. The monoisotopic (exact) mass is 416 g/mol. The number of ether oxygens (including phenoxy) is 1. The summed E-state index contributed by atoms with van der Waals surface area (Å²) in [5.74, 6) is 1.45. The van der Waals surface area contributed by atoms with Crippen LogP contribution in [0, 0.1) is 17.8 Å². The van der Waals surface area contributed by atoms with Crippen LogP contribution >= 0.6 is 0 Å². The maximum absolute atomic E-state index is 13.5. The van der Waals surface area contributed by atoms with E-state index in [1.54, 1.807) is 0 Å². The van der Waals surface area contributed by atoms with Crippen molar-refractivity contribution in [1.29, 1.82) is 0 Å². The topological polar surface area (TPSA) is 45.3 Å². The van der Waals surface area contributed by atoms with E-state index in [1.807, 2.05) is 55.5 Å². The molecular formula is C27H32N2O2. The van der Waals surface area contributed by atoms with Crippen LogP contribution in [0.1, 0.15) is 51.3 Å². The Bertz CT molecular complexity index is 1180. The second kappa shape index (κ2) is 7.23. The Morgan fingerprint density at radius 3 is 2.61 bits per heavy atom. The lowest BCUT2D eigenvalue weighted by atomic mass is 9.65. The Kier molecular flexibility index (Phi) is 4.74. The number of fused-ring (bicyclic) bond motifs is 3. The molecule has 0 spiro atoms. The highest BCUT2D eigenvalue weighted by atomic mass is 16.5. The van der Waals surface area contributed by atoms with E-state index in [0.717, 1.165) is 35.6 Å². The van der Waals surface area contributed by atoms with Crippen LogP contribution in [0.2, 0.25) is 0 Å². The number of hydrogen-bond acceptors (Lipinski definition) is 3. The molecular weight excluding hydrogens is 384 g/mol. The van der Waals surface area contributed by atoms with Crippen LogP contribution in [-0.4, -0.2) is 22.5 Å². The number of hydrogen-bond donors (Lipinski definition) is 1. The number of benzene rings is 2. The van der Waals surface area contributed by atoms with Crippen LogP contribution in [0.4, 0.5) is 0 Å². The van der Waals surface area contributed by atoms with Crippen molar-refractivity contribution in [2.75, 3.05) is 6.54 Å². The quantitative estimate of drug-likeness (QED) is 0.565. The van der Waals surface area contributed by atoms with Gasteiger partial charge in [-0.25, -0.2) is 0 Å². The molecule has 2 bridgehead atoms. The average Bonchev–Trinajstić information content (AvgIpc) is 2.94. The molecule has 31 heavy (non-hydrogen) atoms. The van der Waals surface area contributed by atoms with Crippen molar-refractivity contribution >= 4 is 10.9 Å². The molecule has 3 aromatic rings. The van der Waals surface area contributed by atoms with E-state index >= 15 is 0 Å². The van der Waals surface area contributed by atoms with Gasteiger partial charge in [-0.1, -0.05) is 39.0 Å². The fourth-order valence-electron chi connectivity index (χ4n) is 6.27. The number of aromatic amines is 1. The smallest absolute Gasteiger partial charge is 0.194 e. The predicted molar refractivity (Wildman–Crippen MR) is 126 cm³/mol. The molecule has 0 radical (unpaired) electrons. The zero-order valence-electron chi connectivity index (χ0n) is 19.0. The maximum Gasteiger partial charge on any atom is 0.194 e. The first-order chi connectivity index (χ1) is 14.7. The van der Waals surface area contributed by atoms with E-state index in [-0.39, 0.29) is 5.43 Å². The van der Waals surface area contributed by atoms with Gasteiger partial charge in [0.2, 0.25) is 0 Å².